The standard InChI is InChI=1S/C23H29F2N3O2Si.C6H7BO2/c1-5-9-19(29)26-23-18-14-17(16-10-7-6-8-11-16)20(24)21(25)22(18)28(27-23)15-30-12-13-31(2,3)4;8-7(9)6-4-2-1-3-5-6/h6-8,10-11,14H,5,9,12-13,15H2,1-4H3,(H,26,27,29);1-5,8-9H. The molecule has 0 aliphatic heterocycles. The van der Waals surface area contributed by atoms with Crippen LogP contribution in [-0.2, 0) is 16.3 Å². The average Bonchev–Trinajstić information content (AvgIpc) is 3.26. The molecule has 4 aromatic rings. The number of aromatic nitrogens is 2. The van der Waals surface area contributed by atoms with E-state index in [9.17, 15) is 9.18 Å². The molecule has 0 saturated carbocycles. The third-order valence-electron chi connectivity index (χ3n) is 6.04. The maximum absolute atomic E-state index is 15.2. The summed E-state index contributed by atoms with van der Waals surface area (Å²) in [7, 11) is -2.63. The number of nitrogens with one attached hydrogen (secondary N) is 1. The van der Waals surface area contributed by atoms with Crippen molar-refractivity contribution < 1.29 is 28.4 Å². The zero-order valence-electron chi connectivity index (χ0n) is 23.3. The molecule has 1 heterocycles. The number of anilines is 1. The van der Waals surface area contributed by atoms with Crippen LogP contribution in [0.3, 0.4) is 0 Å². The Bertz CT molecular complexity index is 1400. The average molecular weight is 568 g/mol. The summed E-state index contributed by atoms with van der Waals surface area (Å²) in [6.07, 6.45) is 0.985. The molecule has 40 heavy (non-hydrogen) atoms. The Labute approximate surface area is 235 Å². The first-order valence-electron chi connectivity index (χ1n) is 13.2. The SMILES string of the molecule is CCCC(=O)Nc1nn(COCC[Si](C)(C)C)c2c(F)c(F)c(-c3ccccc3)cc12.OB(O)c1ccccc1. The zero-order chi connectivity index (χ0) is 29.3. The van der Waals surface area contributed by atoms with E-state index in [4.69, 9.17) is 14.8 Å². The van der Waals surface area contributed by atoms with Crippen LogP contribution in [0.25, 0.3) is 22.0 Å². The summed E-state index contributed by atoms with van der Waals surface area (Å²) >= 11 is 0. The number of nitrogens with zero attached hydrogens (tertiary/aromatic N) is 2. The van der Waals surface area contributed by atoms with E-state index in [1.54, 1.807) is 48.5 Å². The molecule has 3 aromatic carbocycles. The van der Waals surface area contributed by atoms with Gasteiger partial charge in [0.05, 0.1) is 0 Å². The fourth-order valence-electron chi connectivity index (χ4n) is 3.86. The number of benzene rings is 3. The molecular weight excluding hydrogens is 531 g/mol. The lowest BCUT2D eigenvalue weighted by atomic mass is 9.81. The largest absolute Gasteiger partial charge is 0.488 e. The highest BCUT2D eigenvalue weighted by atomic mass is 28.3. The van der Waals surface area contributed by atoms with Gasteiger partial charge in [0.2, 0.25) is 5.91 Å². The molecule has 0 radical (unpaired) electrons. The quantitative estimate of drug-likeness (QED) is 0.176. The molecule has 11 heteroatoms. The van der Waals surface area contributed by atoms with Gasteiger partial charge in [-0.3, -0.25) is 4.79 Å². The number of amides is 1. The van der Waals surface area contributed by atoms with Crippen molar-refractivity contribution in [2.75, 3.05) is 11.9 Å². The van der Waals surface area contributed by atoms with Crippen molar-refractivity contribution in [1.82, 2.24) is 9.78 Å². The van der Waals surface area contributed by atoms with E-state index in [-0.39, 0.29) is 29.5 Å². The van der Waals surface area contributed by atoms with Crippen molar-refractivity contribution in [1.29, 1.82) is 0 Å². The molecule has 0 unspecified atom stereocenters. The number of hydrogen-bond donors (Lipinski definition) is 3. The Balaban J connectivity index is 0.000000415. The lowest BCUT2D eigenvalue weighted by Crippen LogP contribution is -2.29. The van der Waals surface area contributed by atoms with Crippen molar-refractivity contribution in [2.45, 2.75) is 52.2 Å². The lowest BCUT2D eigenvalue weighted by Gasteiger charge is -2.15. The highest BCUT2D eigenvalue weighted by Crippen LogP contribution is 2.34. The summed E-state index contributed by atoms with van der Waals surface area (Å²) in [4.78, 5) is 12.2. The first-order chi connectivity index (χ1) is 19.0. The predicted octanol–water partition coefficient (Wildman–Crippen LogP) is 5.40. The Hall–Kier alpha value is -3.38. The first-order valence-corrected chi connectivity index (χ1v) is 16.9. The van der Waals surface area contributed by atoms with E-state index in [1.165, 1.54) is 10.7 Å². The van der Waals surface area contributed by atoms with Crippen LogP contribution in [0.2, 0.25) is 25.7 Å². The summed E-state index contributed by atoms with van der Waals surface area (Å²) in [6.45, 7) is 9.10. The first kappa shape index (κ1) is 31.2. The zero-order valence-corrected chi connectivity index (χ0v) is 24.3. The molecule has 3 N–H and O–H groups in total. The van der Waals surface area contributed by atoms with Gasteiger partial charge < -0.3 is 20.1 Å². The molecule has 0 bridgehead atoms. The molecule has 0 atom stereocenters. The van der Waals surface area contributed by atoms with E-state index in [1.807, 2.05) is 19.1 Å². The minimum Gasteiger partial charge on any atom is -0.423 e. The number of carbonyl (C=O) groups excluding carboxylic acids is 1. The number of fused-ring (bicyclic) bond motifs is 1. The second-order valence-electron chi connectivity index (χ2n) is 10.6. The van der Waals surface area contributed by atoms with Crippen LogP contribution in [0.1, 0.15) is 19.8 Å². The topological polar surface area (TPSA) is 96.6 Å². The van der Waals surface area contributed by atoms with E-state index in [2.05, 4.69) is 30.1 Å². The van der Waals surface area contributed by atoms with E-state index in [0.717, 1.165) is 6.04 Å². The van der Waals surface area contributed by atoms with Crippen molar-refractivity contribution in [2.24, 2.45) is 0 Å². The summed E-state index contributed by atoms with van der Waals surface area (Å²) in [5.74, 6) is -1.97. The molecule has 1 amide bonds. The van der Waals surface area contributed by atoms with E-state index >= 15 is 4.39 Å². The van der Waals surface area contributed by atoms with Gasteiger partial charge in [0, 0.05) is 32.1 Å². The van der Waals surface area contributed by atoms with Crippen molar-refractivity contribution >= 4 is 43.3 Å². The van der Waals surface area contributed by atoms with E-state index < -0.39 is 26.8 Å². The maximum Gasteiger partial charge on any atom is 0.488 e. The van der Waals surface area contributed by atoms with E-state index in [0.29, 0.717) is 35.9 Å². The second-order valence-corrected chi connectivity index (χ2v) is 16.2. The minimum atomic E-state index is -1.34. The van der Waals surface area contributed by atoms with Crippen LogP contribution in [0, 0.1) is 11.6 Å². The minimum absolute atomic E-state index is 0.0167. The third-order valence-corrected chi connectivity index (χ3v) is 7.75. The molecule has 0 saturated heterocycles. The second kappa shape index (κ2) is 14.3. The number of rotatable bonds is 10. The fourth-order valence-corrected chi connectivity index (χ4v) is 4.62. The monoisotopic (exact) mass is 567 g/mol. The van der Waals surface area contributed by atoms with Crippen molar-refractivity contribution in [3.05, 3.63) is 78.4 Å². The van der Waals surface area contributed by atoms with Crippen LogP contribution in [0.4, 0.5) is 14.6 Å². The number of hydrogen-bond acceptors (Lipinski definition) is 5. The highest BCUT2D eigenvalue weighted by Gasteiger charge is 2.23. The fraction of sp³-hybridized carbons (Fsp3) is 0.310. The predicted molar refractivity (Wildman–Crippen MR) is 159 cm³/mol. The number of ether oxygens (including phenoxy) is 1. The van der Waals surface area contributed by atoms with Gasteiger partial charge in [-0.15, -0.1) is 0 Å². The van der Waals surface area contributed by atoms with Crippen molar-refractivity contribution in [3.8, 4) is 11.1 Å². The molecular formula is C29H36BF2N3O4Si. The summed E-state index contributed by atoms with van der Waals surface area (Å²) in [5.41, 5.74) is 1.18. The summed E-state index contributed by atoms with van der Waals surface area (Å²) in [6, 6.07) is 19.9. The summed E-state index contributed by atoms with van der Waals surface area (Å²) in [5, 5.41) is 24.6. The molecule has 212 valence electrons. The molecule has 4 rings (SSSR count). The number of halogens is 2. The smallest absolute Gasteiger partial charge is 0.423 e. The van der Waals surface area contributed by atoms with Crippen LogP contribution in [-0.4, -0.2) is 47.5 Å². The molecule has 0 aliphatic carbocycles. The Kier molecular flexibility index (Phi) is 11.1. The van der Waals surface area contributed by atoms with Gasteiger partial charge >= 0.3 is 7.12 Å². The van der Waals surface area contributed by atoms with Crippen LogP contribution >= 0.6 is 0 Å². The van der Waals surface area contributed by atoms with Gasteiger partial charge in [-0.05, 0) is 29.6 Å². The van der Waals surface area contributed by atoms with Crippen LogP contribution in [0.5, 0.6) is 0 Å². The Morgan fingerprint density at radius 3 is 2.20 bits per heavy atom. The van der Waals surface area contributed by atoms with Gasteiger partial charge in [0.15, 0.2) is 17.5 Å². The molecule has 7 nitrogen and oxygen atoms in total. The Morgan fingerprint density at radius 2 is 1.65 bits per heavy atom. The third kappa shape index (κ3) is 8.56. The molecule has 1 aromatic heterocycles. The normalized spacial score (nSPS) is 11.2. The van der Waals surface area contributed by atoms with Crippen LogP contribution < -0.4 is 10.8 Å². The van der Waals surface area contributed by atoms with Gasteiger partial charge in [-0.2, -0.15) is 5.10 Å². The van der Waals surface area contributed by atoms with Gasteiger partial charge in [0.1, 0.15) is 12.2 Å². The molecule has 0 fully saturated rings. The molecule has 0 aliphatic rings. The Morgan fingerprint density at radius 1 is 1.02 bits per heavy atom. The summed E-state index contributed by atoms with van der Waals surface area (Å²) < 4.78 is 37.2. The van der Waals surface area contributed by atoms with Gasteiger partial charge in [0.25, 0.3) is 0 Å². The number of carbonyl (C=O) groups is 1. The van der Waals surface area contributed by atoms with Crippen LogP contribution in [0.15, 0.2) is 66.7 Å². The molecule has 0 spiro atoms. The maximum atomic E-state index is 15.2. The van der Waals surface area contributed by atoms with Gasteiger partial charge in [-0.25, -0.2) is 13.5 Å². The lowest BCUT2D eigenvalue weighted by molar-refractivity contribution is -0.116. The van der Waals surface area contributed by atoms with Gasteiger partial charge in [-0.1, -0.05) is 87.2 Å². The highest BCUT2D eigenvalue weighted by molar-refractivity contribution is 6.76. The van der Waals surface area contributed by atoms with Crippen molar-refractivity contribution in [3.63, 3.8) is 0 Å².